The number of rotatable bonds is 1. The van der Waals surface area contributed by atoms with Gasteiger partial charge in [-0.25, -0.2) is 4.98 Å². The first-order chi connectivity index (χ1) is 10.3. The van der Waals surface area contributed by atoms with Gasteiger partial charge in [0.05, 0.1) is 11.0 Å². The second-order valence-corrected chi connectivity index (χ2v) is 5.81. The average molecular weight is 311 g/mol. The van der Waals surface area contributed by atoms with E-state index >= 15 is 0 Å². The number of likely N-dealkylation sites (tertiary alicyclic amines) is 1. The molecule has 1 aliphatic heterocycles. The number of benzene rings is 1. The summed E-state index contributed by atoms with van der Waals surface area (Å²) in [6.07, 6.45) is -2.47. The number of carbonyl (C=O) groups excluding carboxylic acids is 1. The van der Waals surface area contributed by atoms with Crippen LogP contribution < -0.4 is 0 Å². The van der Waals surface area contributed by atoms with Crippen LogP contribution in [0, 0.1) is 5.92 Å². The lowest BCUT2D eigenvalue weighted by Gasteiger charge is -2.31. The highest BCUT2D eigenvalue weighted by Crippen LogP contribution is 2.29. The van der Waals surface area contributed by atoms with Gasteiger partial charge >= 0.3 is 6.18 Å². The van der Waals surface area contributed by atoms with Crippen molar-refractivity contribution in [3.63, 3.8) is 0 Å². The van der Waals surface area contributed by atoms with Crippen LogP contribution in [0.25, 0.3) is 11.0 Å². The molecule has 1 aliphatic rings. The SMILES string of the molecule is C[C@H]1CCCN(C(=O)c2ccc3nc(C(F)(F)F)[nH]c3c2)C1. The fourth-order valence-electron chi connectivity index (χ4n) is 2.83. The Morgan fingerprint density at radius 2 is 2.18 bits per heavy atom. The van der Waals surface area contributed by atoms with Gasteiger partial charge in [0.15, 0.2) is 0 Å². The van der Waals surface area contributed by atoms with Gasteiger partial charge in [-0.3, -0.25) is 4.79 Å². The molecule has 0 unspecified atom stereocenters. The molecule has 0 radical (unpaired) electrons. The van der Waals surface area contributed by atoms with Gasteiger partial charge in [0.1, 0.15) is 0 Å². The summed E-state index contributed by atoms with van der Waals surface area (Å²) >= 11 is 0. The Bertz CT molecular complexity index is 708. The molecule has 3 rings (SSSR count). The third-order valence-corrected chi connectivity index (χ3v) is 3.94. The number of piperidine rings is 1. The van der Waals surface area contributed by atoms with Gasteiger partial charge in [-0.05, 0) is 37.0 Å². The number of hydrogen-bond donors (Lipinski definition) is 1. The summed E-state index contributed by atoms with van der Waals surface area (Å²) < 4.78 is 38.0. The fourth-order valence-corrected chi connectivity index (χ4v) is 2.83. The highest BCUT2D eigenvalue weighted by molar-refractivity contribution is 5.97. The summed E-state index contributed by atoms with van der Waals surface area (Å²) in [6.45, 7) is 3.47. The van der Waals surface area contributed by atoms with E-state index in [0.717, 1.165) is 12.8 Å². The summed E-state index contributed by atoms with van der Waals surface area (Å²) in [5.74, 6) is -0.735. The van der Waals surface area contributed by atoms with Gasteiger partial charge < -0.3 is 9.88 Å². The lowest BCUT2D eigenvalue weighted by Crippen LogP contribution is -2.39. The zero-order valence-corrected chi connectivity index (χ0v) is 12.1. The number of nitrogens with zero attached hydrogens (tertiary/aromatic N) is 2. The first-order valence-corrected chi connectivity index (χ1v) is 7.21. The minimum absolute atomic E-state index is 0.142. The van der Waals surface area contributed by atoms with Gasteiger partial charge in [0.25, 0.3) is 5.91 Å². The van der Waals surface area contributed by atoms with E-state index in [1.54, 1.807) is 4.90 Å². The topological polar surface area (TPSA) is 49.0 Å². The lowest BCUT2D eigenvalue weighted by atomic mass is 9.99. The van der Waals surface area contributed by atoms with E-state index < -0.39 is 12.0 Å². The molecule has 1 atom stereocenters. The highest BCUT2D eigenvalue weighted by Gasteiger charge is 2.34. The largest absolute Gasteiger partial charge is 0.449 e. The van der Waals surface area contributed by atoms with Gasteiger partial charge in [0, 0.05) is 18.7 Å². The monoisotopic (exact) mass is 311 g/mol. The van der Waals surface area contributed by atoms with Crippen LogP contribution in [0.3, 0.4) is 0 Å². The standard InChI is InChI=1S/C15H16F3N3O/c1-9-3-2-6-21(8-9)13(22)10-4-5-11-12(7-10)20-14(19-11)15(16,17)18/h4-5,7,9H,2-3,6,8H2,1H3,(H,19,20)/t9-/m0/s1. The summed E-state index contributed by atoms with van der Waals surface area (Å²) in [7, 11) is 0. The van der Waals surface area contributed by atoms with Crippen molar-refractivity contribution in [1.82, 2.24) is 14.9 Å². The molecule has 7 heteroatoms. The molecule has 1 fully saturated rings. The summed E-state index contributed by atoms with van der Waals surface area (Å²) in [5.41, 5.74) is 0.818. The van der Waals surface area contributed by atoms with Crippen molar-refractivity contribution in [2.24, 2.45) is 5.92 Å². The molecule has 1 aromatic carbocycles. The van der Waals surface area contributed by atoms with Crippen molar-refractivity contribution in [1.29, 1.82) is 0 Å². The Hall–Kier alpha value is -2.05. The molecular formula is C15H16F3N3O. The minimum Gasteiger partial charge on any atom is -0.338 e. The fraction of sp³-hybridized carbons (Fsp3) is 0.467. The van der Waals surface area contributed by atoms with Crippen LogP contribution in [-0.4, -0.2) is 33.9 Å². The third kappa shape index (κ3) is 2.80. The lowest BCUT2D eigenvalue weighted by molar-refractivity contribution is -0.144. The molecule has 0 aliphatic carbocycles. The molecular weight excluding hydrogens is 295 g/mol. The van der Waals surface area contributed by atoms with Crippen molar-refractivity contribution in [2.45, 2.75) is 25.9 Å². The van der Waals surface area contributed by atoms with Gasteiger partial charge in [-0.1, -0.05) is 6.92 Å². The number of amides is 1. The number of aromatic nitrogens is 2. The minimum atomic E-state index is -4.52. The molecule has 1 N–H and O–H groups in total. The summed E-state index contributed by atoms with van der Waals surface area (Å²) in [4.78, 5) is 20.0. The Balaban J connectivity index is 1.89. The Morgan fingerprint density at radius 3 is 2.86 bits per heavy atom. The van der Waals surface area contributed by atoms with Crippen molar-refractivity contribution in [3.05, 3.63) is 29.6 Å². The maximum Gasteiger partial charge on any atom is 0.449 e. The van der Waals surface area contributed by atoms with E-state index in [-0.39, 0.29) is 16.9 Å². The maximum absolute atomic E-state index is 12.7. The molecule has 1 saturated heterocycles. The number of imidazole rings is 1. The zero-order chi connectivity index (χ0) is 15.9. The van der Waals surface area contributed by atoms with Crippen LogP contribution in [0.1, 0.15) is 35.9 Å². The van der Waals surface area contributed by atoms with Crippen LogP contribution in [0.15, 0.2) is 18.2 Å². The molecule has 1 amide bonds. The van der Waals surface area contributed by atoms with Gasteiger partial charge in [0.2, 0.25) is 5.82 Å². The first-order valence-electron chi connectivity index (χ1n) is 7.21. The number of nitrogens with one attached hydrogen (secondary N) is 1. The smallest absolute Gasteiger partial charge is 0.338 e. The highest BCUT2D eigenvalue weighted by atomic mass is 19.4. The van der Waals surface area contributed by atoms with Crippen molar-refractivity contribution >= 4 is 16.9 Å². The predicted molar refractivity (Wildman–Crippen MR) is 75.4 cm³/mol. The number of hydrogen-bond acceptors (Lipinski definition) is 2. The number of fused-ring (bicyclic) bond motifs is 1. The molecule has 0 bridgehead atoms. The van der Waals surface area contributed by atoms with Crippen molar-refractivity contribution in [2.75, 3.05) is 13.1 Å². The van der Waals surface area contributed by atoms with Crippen LogP contribution in [0.2, 0.25) is 0 Å². The van der Waals surface area contributed by atoms with Gasteiger partial charge in [-0.15, -0.1) is 0 Å². The molecule has 4 nitrogen and oxygen atoms in total. The van der Waals surface area contributed by atoms with E-state index in [1.165, 1.54) is 18.2 Å². The van der Waals surface area contributed by atoms with Crippen molar-refractivity contribution < 1.29 is 18.0 Å². The van der Waals surface area contributed by atoms with Crippen LogP contribution in [-0.2, 0) is 6.18 Å². The molecule has 2 aromatic rings. The second kappa shape index (κ2) is 5.30. The Kier molecular flexibility index (Phi) is 3.58. The summed E-state index contributed by atoms with van der Waals surface area (Å²) in [6, 6.07) is 4.42. The normalized spacial score (nSPS) is 19.6. The zero-order valence-electron chi connectivity index (χ0n) is 12.1. The molecule has 2 heterocycles. The molecule has 0 spiro atoms. The second-order valence-electron chi connectivity index (χ2n) is 5.81. The number of halogens is 3. The average Bonchev–Trinajstić information content (AvgIpc) is 2.89. The molecule has 0 saturated carbocycles. The Labute approximate surface area is 125 Å². The molecule has 1 aromatic heterocycles. The number of H-pyrrole nitrogens is 1. The van der Waals surface area contributed by atoms with Crippen LogP contribution >= 0.6 is 0 Å². The van der Waals surface area contributed by atoms with E-state index in [0.29, 0.717) is 24.6 Å². The van der Waals surface area contributed by atoms with E-state index in [1.807, 2.05) is 0 Å². The quantitative estimate of drug-likeness (QED) is 0.877. The Morgan fingerprint density at radius 1 is 1.41 bits per heavy atom. The number of alkyl halides is 3. The van der Waals surface area contributed by atoms with Crippen LogP contribution in [0.4, 0.5) is 13.2 Å². The van der Waals surface area contributed by atoms with E-state index in [2.05, 4.69) is 16.9 Å². The summed E-state index contributed by atoms with van der Waals surface area (Å²) in [5, 5.41) is 0. The maximum atomic E-state index is 12.7. The predicted octanol–water partition coefficient (Wildman–Crippen LogP) is 3.45. The molecule has 22 heavy (non-hydrogen) atoms. The number of carbonyl (C=O) groups is 1. The van der Waals surface area contributed by atoms with Crippen molar-refractivity contribution in [3.8, 4) is 0 Å². The van der Waals surface area contributed by atoms with E-state index in [9.17, 15) is 18.0 Å². The van der Waals surface area contributed by atoms with E-state index in [4.69, 9.17) is 0 Å². The number of aromatic amines is 1. The van der Waals surface area contributed by atoms with Crippen LogP contribution in [0.5, 0.6) is 0 Å². The molecule has 118 valence electrons. The third-order valence-electron chi connectivity index (χ3n) is 3.94. The first kappa shape index (κ1) is 14.9. The van der Waals surface area contributed by atoms with Gasteiger partial charge in [-0.2, -0.15) is 13.2 Å².